The number of tetrazole rings is 1. The fraction of sp³-hybridized carbons (Fsp3) is 0.250. The number of hydrogen-bond acceptors (Lipinski definition) is 4. The lowest BCUT2D eigenvalue weighted by Crippen LogP contribution is -2.00. The minimum absolute atomic E-state index is 0.741. The summed E-state index contributed by atoms with van der Waals surface area (Å²) in [6, 6.07) is 6.18. The van der Waals surface area contributed by atoms with Crippen molar-refractivity contribution in [1.82, 2.24) is 20.2 Å². The Kier molecular flexibility index (Phi) is 4.19. The van der Waals surface area contributed by atoms with Gasteiger partial charge in [0.1, 0.15) is 0 Å². The number of benzene rings is 1. The van der Waals surface area contributed by atoms with Crippen molar-refractivity contribution in [2.45, 2.75) is 19.0 Å². The lowest BCUT2D eigenvalue weighted by Gasteiger charge is -2.06. The smallest absolute Gasteiger partial charge is 0.187 e. The summed E-state index contributed by atoms with van der Waals surface area (Å²) in [7, 11) is 0. The molecule has 1 heterocycles. The van der Waals surface area contributed by atoms with E-state index in [0.29, 0.717) is 0 Å². The molecule has 1 aromatic heterocycles. The van der Waals surface area contributed by atoms with E-state index in [-0.39, 0.29) is 0 Å². The molecular formula is C12H13BrN4S. The van der Waals surface area contributed by atoms with E-state index >= 15 is 0 Å². The molecule has 0 bridgehead atoms. The van der Waals surface area contributed by atoms with Gasteiger partial charge in [-0.2, -0.15) is 4.68 Å². The van der Waals surface area contributed by atoms with E-state index in [0.717, 1.165) is 21.1 Å². The molecular weight excluding hydrogens is 312 g/mol. The third-order valence-electron chi connectivity index (χ3n) is 2.53. The van der Waals surface area contributed by atoms with E-state index in [9.17, 15) is 0 Å². The first kappa shape index (κ1) is 13.3. The molecule has 0 unspecified atom stereocenters. The van der Waals surface area contributed by atoms with Gasteiger partial charge in [-0.15, -0.1) is 5.10 Å². The van der Waals surface area contributed by atoms with Crippen LogP contribution in [-0.2, 0) is 0 Å². The number of aryl methyl sites for hydroxylation is 2. The maximum atomic E-state index is 4.02. The molecule has 0 amide bonds. The summed E-state index contributed by atoms with van der Waals surface area (Å²) < 4.78 is 2.66. The zero-order chi connectivity index (χ0) is 13.1. The fourth-order valence-electron chi connectivity index (χ4n) is 1.43. The number of halogens is 1. The molecule has 0 saturated carbocycles. The van der Waals surface area contributed by atoms with Crippen molar-refractivity contribution in [3.63, 3.8) is 0 Å². The number of aromatic nitrogens is 4. The predicted octanol–water partition coefficient (Wildman–Crippen LogP) is 3.28. The van der Waals surface area contributed by atoms with Crippen molar-refractivity contribution >= 4 is 27.7 Å². The SMILES string of the molecule is C=C(Br)CSc1nnnn1-c1ccc(C)c(C)c1. The quantitative estimate of drug-likeness (QED) is 0.809. The average molecular weight is 325 g/mol. The van der Waals surface area contributed by atoms with Crippen LogP contribution in [0.1, 0.15) is 11.1 Å². The van der Waals surface area contributed by atoms with Crippen molar-refractivity contribution in [3.8, 4) is 5.69 Å². The van der Waals surface area contributed by atoms with Crippen molar-refractivity contribution in [2.24, 2.45) is 0 Å². The molecule has 6 heteroatoms. The molecule has 4 nitrogen and oxygen atoms in total. The zero-order valence-corrected chi connectivity index (χ0v) is 12.6. The fourth-order valence-corrected chi connectivity index (χ4v) is 2.42. The second-order valence-electron chi connectivity index (χ2n) is 3.95. The number of thioether (sulfide) groups is 1. The lowest BCUT2D eigenvalue weighted by atomic mass is 10.1. The molecule has 0 spiro atoms. The van der Waals surface area contributed by atoms with Crippen LogP contribution in [0.25, 0.3) is 5.69 Å². The summed E-state index contributed by atoms with van der Waals surface area (Å²) >= 11 is 4.88. The summed E-state index contributed by atoms with van der Waals surface area (Å²) in [6.07, 6.45) is 0. The van der Waals surface area contributed by atoms with Gasteiger partial charge in [-0.1, -0.05) is 40.3 Å². The van der Waals surface area contributed by atoms with Crippen LogP contribution in [0, 0.1) is 13.8 Å². The van der Waals surface area contributed by atoms with Crippen molar-refractivity contribution < 1.29 is 0 Å². The Morgan fingerprint density at radius 3 is 2.83 bits per heavy atom. The van der Waals surface area contributed by atoms with Crippen LogP contribution in [0.2, 0.25) is 0 Å². The minimum Gasteiger partial charge on any atom is -0.187 e. The van der Waals surface area contributed by atoms with Gasteiger partial charge in [0.2, 0.25) is 5.16 Å². The van der Waals surface area contributed by atoms with Crippen LogP contribution in [-0.4, -0.2) is 26.0 Å². The van der Waals surface area contributed by atoms with Gasteiger partial charge in [-0.25, -0.2) is 0 Å². The van der Waals surface area contributed by atoms with Crippen LogP contribution < -0.4 is 0 Å². The van der Waals surface area contributed by atoms with Crippen LogP contribution >= 0.6 is 27.7 Å². The third-order valence-corrected chi connectivity index (χ3v) is 4.19. The Hall–Kier alpha value is -1.14. The molecule has 0 aliphatic carbocycles. The topological polar surface area (TPSA) is 43.6 Å². The number of nitrogens with zero attached hydrogens (tertiary/aromatic N) is 4. The van der Waals surface area contributed by atoms with E-state index in [2.05, 4.69) is 64.0 Å². The molecule has 18 heavy (non-hydrogen) atoms. The monoisotopic (exact) mass is 324 g/mol. The maximum absolute atomic E-state index is 4.02. The Morgan fingerprint density at radius 1 is 1.39 bits per heavy atom. The largest absolute Gasteiger partial charge is 0.214 e. The summed E-state index contributed by atoms with van der Waals surface area (Å²) in [5.74, 6) is 0.741. The highest BCUT2D eigenvalue weighted by Gasteiger charge is 2.09. The van der Waals surface area contributed by atoms with Gasteiger partial charge < -0.3 is 0 Å². The van der Waals surface area contributed by atoms with Crippen molar-refractivity contribution in [1.29, 1.82) is 0 Å². The van der Waals surface area contributed by atoms with Crippen molar-refractivity contribution in [3.05, 3.63) is 40.4 Å². The molecule has 0 aliphatic heterocycles. The van der Waals surface area contributed by atoms with E-state index in [4.69, 9.17) is 0 Å². The van der Waals surface area contributed by atoms with Gasteiger partial charge in [-0.3, -0.25) is 0 Å². The van der Waals surface area contributed by atoms with Gasteiger partial charge in [0.25, 0.3) is 0 Å². The second kappa shape index (κ2) is 5.67. The first-order valence-corrected chi connectivity index (χ1v) is 7.18. The highest BCUT2D eigenvalue weighted by molar-refractivity contribution is 9.11. The van der Waals surface area contributed by atoms with E-state index in [1.165, 1.54) is 11.1 Å². The molecule has 2 aromatic rings. The van der Waals surface area contributed by atoms with Gasteiger partial charge in [0.05, 0.1) is 5.69 Å². The summed E-state index contributed by atoms with van der Waals surface area (Å²) in [5.41, 5.74) is 3.46. The number of hydrogen-bond donors (Lipinski definition) is 0. The van der Waals surface area contributed by atoms with Gasteiger partial charge in [-0.05, 0) is 52.0 Å². The third kappa shape index (κ3) is 3.00. The molecule has 0 atom stereocenters. The van der Waals surface area contributed by atoms with Gasteiger partial charge >= 0.3 is 0 Å². The van der Waals surface area contributed by atoms with Gasteiger partial charge in [0.15, 0.2) is 0 Å². The van der Waals surface area contributed by atoms with E-state index < -0.39 is 0 Å². The van der Waals surface area contributed by atoms with Crippen LogP contribution in [0.15, 0.2) is 34.4 Å². The normalized spacial score (nSPS) is 10.6. The Morgan fingerprint density at radius 2 is 2.17 bits per heavy atom. The average Bonchev–Trinajstić information content (AvgIpc) is 2.78. The van der Waals surface area contributed by atoms with E-state index in [1.807, 2.05) is 6.07 Å². The molecule has 0 N–H and O–H groups in total. The second-order valence-corrected chi connectivity index (χ2v) is 6.01. The molecule has 0 radical (unpaired) electrons. The van der Waals surface area contributed by atoms with Crippen molar-refractivity contribution in [2.75, 3.05) is 5.75 Å². The first-order chi connectivity index (χ1) is 8.58. The summed E-state index contributed by atoms with van der Waals surface area (Å²) in [5, 5.41) is 12.5. The molecule has 0 aliphatic rings. The highest BCUT2D eigenvalue weighted by atomic mass is 79.9. The Bertz CT molecular complexity index is 579. The predicted molar refractivity (Wildman–Crippen MR) is 77.4 cm³/mol. The Labute approximate surface area is 119 Å². The summed E-state index contributed by atoms with van der Waals surface area (Å²) in [6.45, 7) is 7.97. The maximum Gasteiger partial charge on any atom is 0.214 e. The molecule has 0 fully saturated rings. The van der Waals surface area contributed by atoms with E-state index in [1.54, 1.807) is 16.4 Å². The molecule has 94 valence electrons. The molecule has 2 rings (SSSR count). The highest BCUT2D eigenvalue weighted by Crippen LogP contribution is 2.22. The lowest BCUT2D eigenvalue weighted by molar-refractivity contribution is 0.755. The standard InChI is InChI=1S/C12H13BrN4S/c1-8-4-5-11(6-9(8)2)17-12(14-15-16-17)18-7-10(3)13/h4-6H,3,7H2,1-2H3. The van der Waals surface area contributed by atoms with Crippen LogP contribution in [0.4, 0.5) is 0 Å². The molecule has 0 saturated heterocycles. The van der Waals surface area contributed by atoms with Crippen LogP contribution in [0.3, 0.4) is 0 Å². The zero-order valence-electron chi connectivity index (χ0n) is 10.2. The molecule has 1 aromatic carbocycles. The Balaban J connectivity index is 2.30. The number of rotatable bonds is 4. The minimum atomic E-state index is 0.741. The first-order valence-electron chi connectivity index (χ1n) is 5.40. The van der Waals surface area contributed by atoms with Crippen LogP contribution in [0.5, 0.6) is 0 Å². The van der Waals surface area contributed by atoms with Gasteiger partial charge in [0, 0.05) is 5.75 Å². The summed E-state index contributed by atoms with van der Waals surface area (Å²) in [4.78, 5) is 0.